The van der Waals surface area contributed by atoms with Crippen LogP contribution >= 0.6 is 0 Å². The molecule has 2 bridgehead atoms. The predicted molar refractivity (Wildman–Crippen MR) is 92.5 cm³/mol. The first-order chi connectivity index (χ1) is 11.4. The van der Waals surface area contributed by atoms with Gasteiger partial charge in [-0.25, -0.2) is 13.1 Å². The lowest BCUT2D eigenvalue weighted by atomic mass is 9.99. The normalized spacial score (nSPS) is 26.3. The Labute approximate surface area is 143 Å². The Balaban J connectivity index is 1.77. The topological polar surface area (TPSA) is 87.3 Å². The molecule has 24 heavy (non-hydrogen) atoms. The minimum atomic E-state index is -3.56. The molecule has 0 radical (unpaired) electrons. The van der Waals surface area contributed by atoms with Crippen LogP contribution in [0.2, 0.25) is 0 Å². The minimum Gasteiger partial charge on any atom is -0.349 e. The second-order valence-electron chi connectivity index (χ2n) is 6.76. The van der Waals surface area contributed by atoms with Crippen molar-refractivity contribution in [3.05, 3.63) is 29.3 Å². The van der Waals surface area contributed by atoms with Gasteiger partial charge in [-0.1, -0.05) is 13.0 Å². The number of benzene rings is 1. The summed E-state index contributed by atoms with van der Waals surface area (Å²) < 4.78 is 26.8. The van der Waals surface area contributed by atoms with E-state index < -0.39 is 10.0 Å². The number of nitrogens with one attached hydrogen (secondary N) is 3. The fraction of sp³-hybridized carbons (Fsp3) is 0.588. The maximum atomic E-state index is 12.7. The van der Waals surface area contributed by atoms with Crippen LogP contribution in [0.15, 0.2) is 23.1 Å². The fourth-order valence-electron chi connectivity index (χ4n) is 3.72. The second kappa shape index (κ2) is 6.82. The minimum absolute atomic E-state index is 0.130. The highest BCUT2D eigenvalue weighted by Gasteiger charge is 2.34. The van der Waals surface area contributed by atoms with Crippen molar-refractivity contribution < 1.29 is 13.2 Å². The van der Waals surface area contributed by atoms with Crippen LogP contribution < -0.4 is 15.4 Å². The van der Waals surface area contributed by atoms with Gasteiger partial charge in [-0.15, -0.1) is 0 Å². The SMILES string of the molecule is CCNS(=O)(=O)c1ccc(C)c(C(=O)NC2CC3CCC(C2)N3)c1. The van der Waals surface area contributed by atoms with Crippen LogP contribution in [0.5, 0.6) is 0 Å². The Kier molecular flexibility index (Phi) is 4.94. The van der Waals surface area contributed by atoms with Gasteiger partial charge >= 0.3 is 0 Å². The molecule has 1 aromatic carbocycles. The molecule has 2 unspecified atom stereocenters. The third-order valence-electron chi connectivity index (χ3n) is 4.91. The number of hydrogen-bond donors (Lipinski definition) is 3. The second-order valence-corrected chi connectivity index (χ2v) is 8.52. The van der Waals surface area contributed by atoms with Crippen molar-refractivity contribution in [1.82, 2.24) is 15.4 Å². The Bertz CT molecular complexity index is 721. The lowest BCUT2D eigenvalue weighted by molar-refractivity contribution is 0.0923. The van der Waals surface area contributed by atoms with Crippen LogP contribution in [0.1, 0.15) is 48.5 Å². The fourth-order valence-corrected chi connectivity index (χ4v) is 4.79. The standard InChI is InChI=1S/C17H25N3O3S/c1-3-18-24(22,23)15-7-4-11(2)16(10-15)17(21)20-14-8-12-5-6-13(9-14)19-12/h4,7,10,12-14,18-19H,3,5-6,8-9H2,1-2H3,(H,20,21). The Morgan fingerprint density at radius 2 is 1.92 bits per heavy atom. The smallest absolute Gasteiger partial charge is 0.251 e. The Hall–Kier alpha value is -1.44. The average molecular weight is 351 g/mol. The summed E-state index contributed by atoms with van der Waals surface area (Å²) in [4.78, 5) is 12.8. The molecular weight excluding hydrogens is 326 g/mol. The molecule has 1 aromatic rings. The van der Waals surface area contributed by atoms with Crippen molar-refractivity contribution >= 4 is 15.9 Å². The van der Waals surface area contributed by atoms with Gasteiger partial charge in [0.15, 0.2) is 0 Å². The molecule has 2 aliphatic rings. The molecule has 0 spiro atoms. The largest absolute Gasteiger partial charge is 0.349 e. The summed E-state index contributed by atoms with van der Waals surface area (Å²) in [6.45, 7) is 3.87. The summed E-state index contributed by atoms with van der Waals surface area (Å²) in [5.41, 5.74) is 1.21. The van der Waals surface area contributed by atoms with Crippen molar-refractivity contribution in [2.24, 2.45) is 0 Å². The van der Waals surface area contributed by atoms with Crippen LogP contribution in [-0.4, -0.2) is 39.0 Å². The summed E-state index contributed by atoms with van der Waals surface area (Å²) in [5.74, 6) is -0.188. The molecule has 0 aliphatic carbocycles. The van der Waals surface area contributed by atoms with Crippen LogP contribution in [0, 0.1) is 6.92 Å². The Morgan fingerprint density at radius 3 is 2.54 bits per heavy atom. The first kappa shape index (κ1) is 17.4. The van der Waals surface area contributed by atoms with Gasteiger partial charge in [-0.3, -0.25) is 4.79 Å². The maximum Gasteiger partial charge on any atom is 0.251 e. The highest BCUT2D eigenvalue weighted by atomic mass is 32.2. The molecule has 3 N–H and O–H groups in total. The van der Waals surface area contributed by atoms with Crippen molar-refractivity contribution in [3.8, 4) is 0 Å². The van der Waals surface area contributed by atoms with Crippen molar-refractivity contribution in [3.63, 3.8) is 0 Å². The first-order valence-electron chi connectivity index (χ1n) is 8.56. The molecule has 0 aromatic heterocycles. The van der Waals surface area contributed by atoms with Crippen LogP contribution in [0.3, 0.4) is 0 Å². The summed E-state index contributed by atoms with van der Waals surface area (Å²) in [5, 5.41) is 6.64. The zero-order chi connectivity index (χ0) is 17.3. The van der Waals surface area contributed by atoms with E-state index in [1.165, 1.54) is 25.0 Å². The van der Waals surface area contributed by atoms with Gasteiger partial charge < -0.3 is 10.6 Å². The van der Waals surface area contributed by atoms with E-state index in [1.54, 1.807) is 13.0 Å². The zero-order valence-electron chi connectivity index (χ0n) is 14.1. The van der Waals surface area contributed by atoms with Gasteiger partial charge in [0.2, 0.25) is 10.0 Å². The number of rotatable bonds is 5. The summed E-state index contributed by atoms with van der Waals surface area (Å²) in [6.07, 6.45) is 4.23. The van der Waals surface area contributed by atoms with Gasteiger partial charge in [0.25, 0.3) is 5.91 Å². The molecule has 2 heterocycles. The van der Waals surface area contributed by atoms with Gasteiger partial charge in [0, 0.05) is 30.2 Å². The zero-order valence-corrected chi connectivity index (χ0v) is 14.9. The average Bonchev–Trinajstić information content (AvgIpc) is 2.86. The molecular formula is C17H25N3O3S. The third kappa shape index (κ3) is 3.63. The van der Waals surface area contributed by atoms with E-state index >= 15 is 0 Å². The van der Waals surface area contributed by atoms with E-state index in [-0.39, 0.29) is 16.8 Å². The summed E-state index contributed by atoms with van der Waals surface area (Å²) >= 11 is 0. The van der Waals surface area contributed by atoms with Crippen molar-refractivity contribution in [2.75, 3.05) is 6.54 Å². The number of carbonyl (C=O) groups excluding carboxylic acids is 1. The van der Waals surface area contributed by atoms with Gasteiger partial charge in [0.05, 0.1) is 4.90 Å². The van der Waals surface area contributed by atoms with Crippen LogP contribution in [0.4, 0.5) is 0 Å². The number of carbonyl (C=O) groups is 1. The number of amides is 1. The van der Waals surface area contributed by atoms with Gasteiger partial charge in [-0.2, -0.15) is 0 Å². The van der Waals surface area contributed by atoms with Gasteiger partial charge in [0.1, 0.15) is 0 Å². The lowest BCUT2D eigenvalue weighted by Gasteiger charge is -2.29. The highest BCUT2D eigenvalue weighted by molar-refractivity contribution is 7.89. The van der Waals surface area contributed by atoms with Crippen molar-refractivity contribution in [1.29, 1.82) is 0 Å². The van der Waals surface area contributed by atoms with Gasteiger partial charge in [-0.05, 0) is 50.3 Å². The Morgan fingerprint density at radius 1 is 1.25 bits per heavy atom. The number of fused-ring (bicyclic) bond motifs is 2. The molecule has 1 amide bonds. The number of hydrogen-bond acceptors (Lipinski definition) is 4. The molecule has 2 saturated heterocycles. The quantitative estimate of drug-likeness (QED) is 0.746. The molecule has 3 rings (SSSR count). The molecule has 2 fully saturated rings. The van der Waals surface area contributed by atoms with E-state index in [2.05, 4.69) is 15.4 Å². The summed E-state index contributed by atoms with van der Waals surface area (Å²) in [7, 11) is -3.56. The van der Waals surface area contributed by atoms with E-state index in [0.29, 0.717) is 24.2 Å². The van der Waals surface area contributed by atoms with E-state index in [9.17, 15) is 13.2 Å². The summed E-state index contributed by atoms with van der Waals surface area (Å²) in [6, 6.07) is 5.84. The molecule has 2 atom stereocenters. The molecule has 132 valence electrons. The highest BCUT2D eigenvalue weighted by Crippen LogP contribution is 2.27. The molecule has 2 aliphatic heterocycles. The van der Waals surface area contributed by atoms with E-state index in [0.717, 1.165) is 18.4 Å². The van der Waals surface area contributed by atoms with Crippen LogP contribution in [0.25, 0.3) is 0 Å². The van der Waals surface area contributed by atoms with E-state index in [1.807, 2.05) is 6.92 Å². The molecule has 6 nitrogen and oxygen atoms in total. The third-order valence-corrected chi connectivity index (χ3v) is 6.45. The molecule has 0 saturated carbocycles. The number of aryl methyl sites for hydroxylation is 1. The number of piperidine rings is 1. The first-order valence-corrected chi connectivity index (χ1v) is 10.0. The maximum absolute atomic E-state index is 12.7. The molecule has 7 heteroatoms. The monoisotopic (exact) mass is 351 g/mol. The van der Waals surface area contributed by atoms with E-state index in [4.69, 9.17) is 0 Å². The predicted octanol–water partition coefficient (Wildman–Crippen LogP) is 1.31. The van der Waals surface area contributed by atoms with Crippen LogP contribution in [-0.2, 0) is 10.0 Å². The lowest BCUT2D eigenvalue weighted by Crippen LogP contribution is -2.48. The number of sulfonamides is 1. The van der Waals surface area contributed by atoms with Crippen molar-refractivity contribution in [2.45, 2.75) is 62.6 Å².